The van der Waals surface area contributed by atoms with E-state index < -0.39 is 0 Å². The second kappa shape index (κ2) is 7.45. The number of rotatable bonds is 8. The highest BCUT2D eigenvalue weighted by Crippen LogP contribution is 2.44. The van der Waals surface area contributed by atoms with Crippen LogP contribution in [0.5, 0.6) is 5.75 Å². The van der Waals surface area contributed by atoms with Crippen LogP contribution in [-0.2, 0) is 11.2 Å². The topological polar surface area (TPSA) is 68.5 Å². The first-order valence-electron chi connectivity index (χ1n) is 8.91. The van der Waals surface area contributed by atoms with E-state index >= 15 is 0 Å². The molecule has 0 spiro atoms. The minimum absolute atomic E-state index is 0.114. The Hall–Kier alpha value is -2.41. The van der Waals surface area contributed by atoms with Crippen LogP contribution in [0, 0.1) is 5.92 Å². The summed E-state index contributed by atoms with van der Waals surface area (Å²) in [5.41, 5.74) is 2.31. The molecule has 1 fully saturated rings. The second-order valence-electron chi connectivity index (χ2n) is 6.70. The first-order valence-corrected chi connectivity index (χ1v) is 9.79. The van der Waals surface area contributed by atoms with Crippen molar-refractivity contribution in [3.63, 3.8) is 0 Å². The SMILES string of the molecule is COc1ccc(C(CC(=O)NCCc2csc3ncnn23)C2CC2)cc1. The lowest BCUT2D eigenvalue weighted by molar-refractivity contribution is -0.121. The number of carbonyl (C=O) groups excluding carboxylic acids is 1. The van der Waals surface area contributed by atoms with Crippen LogP contribution in [0.2, 0.25) is 0 Å². The lowest BCUT2D eigenvalue weighted by atomic mass is 9.90. The smallest absolute Gasteiger partial charge is 0.220 e. The van der Waals surface area contributed by atoms with Crippen molar-refractivity contribution in [1.82, 2.24) is 19.9 Å². The Bertz CT molecular complexity index is 882. The summed E-state index contributed by atoms with van der Waals surface area (Å²) in [6, 6.07) is 8.12. The molecule has 1 N–H and O–H groups in total. The van der Waals surface area contributed by atoms with Crippen LogP contribution >= 0.6 is 11.3 Å². The molecular formula is C19H22N4O2S. The molecule has 4 rings (SSSR count). The van der Waals surface area contributed by atoms with Crippen LogP contribution in [-0.4, -0.2) is 34.2 Å². The fourth-order valence-electron chi connectivity index (χ4n) is 3.35. The van der Waals surface area contributed by atoms with Gasteiger partial charge < -0.3 is 10.1 Å². The van der Waals surface area contributed by atoms with E-state index in [1.165, 1.54) is 18.4 Å². The van der Waals surface area contributed by atoms with Crippen LogP contribution in [0.25, 0.3) is 4.96 Å². The van der Waals surface area contributed by atoms with Gasteiger partial charge in [-0.15, -0.1) is 11.3 Å². The molecule has 3 aromatic rings. The van der Waals surface area contributed by atoms with Gasteiger partial charge in [-0.2, -0.15) is 5.10 Å². The number of amides is 1. The van der Waals surface area contributed by atoms with Gasteiger partial charge in [0, 0.05) is 24.8 Å². The highest BCUT2D eigenvalue weighted by atomic mass is 32.1. The molecule has 0 aliphatic heterocycles. The molecule has 1 aromatic carbocycles. The van der Waals surface area contributed by atoms with Crippen molar-refractivity contribution >= 4 is 22.2 Å². The van der Waals surface area contributed by atoms with Gasteiger partial charge in [0.2, 0.25) is 10.9 Å². The average Bonchev–Trinajstić information content (AvgIpc) is 3.27. The van der Waals surface area contributed by atoms with Gasteiger partial charge in [0.1, 0.15) is 12.1 Å². The lowest BCUT2D eigenvalue weighted by Gasteiger charge is -2.17. The Balaban J connectivity index is 1.32. The standard InChI is InChI=1S/C19H22N4O2S/c1-25-16-6-4-14(5-7-16)17(13-2-3-13)10-18(24)20-9-8-15-11-26-19-21-12-22-23(15)19/h4-7,11-13,17H,2-3,8-10H2,1H3,(H,20,24). The third-order valence-corrected chi connectivity index (χ3v) is 5.81. The highest BCUT2D eigenvalue weighted by Gasteiger charge is 2.33. The van der Waals surface area contributed by atoms with Crippen molar-refractivity contribution in [3.8, 4) is 5.75 Å². The summed E-state index contributed by atoms with van der Waals surface area (Å²) in [5, 5.41) is 9.31. The monoisotopic (exact) mass is 370 g/mol. The lowest BCUT2D eigenvalue weighted by Crippen LogP contribution is -2.27. The summed E-state index contributed by atoms with van der Waals surface area (Å²) in [6.07, 6.45) is 5.28. The number of aromatic nitrogens is 3. The van der Waals surface area contributed by atoms with Gasteiger partial charge >= 0.3 is 0 Å². The number of methoxy groups -OCH3 is 1. The zero-order valence-corrected chi connectivity index (χ0v) is 15.5. The van der Waals surface area contributed by atoms with E-state index in [0.29, 0.717) is 24.8 Å². The Morgan fingerprint density at radius 3 is 2.92 bits per heavy atom. The van der Waals surface area contributed by atoms with Crippen molar-refractivity contribution < 1.29 is 9.53 Å². The highest BCUT2D eigenvalue weighted by molar-refractivity contribution is 7.15. The van der Waals surface area contributed by atoms with Crippen molar-refractivity contribution in [2.24, 2.45) is 5.92 Å². The average molecular weight is 370 g/mol. The molecule has 1 aliphatic carbocycles. The van der Waals surface area contributed by atoms with Gasteiger partial charge in [-0.25, -0.2) is 9.50 Å². The molecule has 6 nitrogen and oxygen atoms in total. The van der Waals surface area contributed by atoms with Crippen LogP contribution < -0.4 is 10.1 Å². The number of nitrogens with one attached hydrogen (secondary N) is 1. The van der Waals surface area contributed by atoms with Crippen molar-refractivity contribution in [3.05, 3.63) is 47.2 Å². The summed E-state index contributed by atoms with van der Waals surface area (Å²) in [5.74, 6) is 1.88. The molecule has 1 aliphatic rings. The maximum atomic E-state index is 12.5. The van der Waals surface area contributed by atoms with E-state index in [1.807, 2.05) is 22.0 Å². The van der Waals surface area contributed by atoms with E-state index in [0.717, 1.165) is 22.8 Å². The van der Waals surface area contributed by atoms with Crippen LogP contribution in [0.3, 0.4) is 0 Å². The molecule has 26 heavy (non-hydrogen) atoms. The molecule has 0 bridgehead atoms. The van der Waals surface area contributed by atoms with Crippen LogP contribution in [0.15, 0.2) is 36.0 Å². The van der Waals surface area contributed by atoms with Gasteiger partial charge in [-0.3, -0.25) is 4.79 Å². The number of benzene rings is 1. The summed E-state index contributed by atoms with van der Waals surface area (Å²) in [4.78, 5) is 17.5. The van der Waals surface area contributed by atoms with E-state index in [1.54, 1.807) is 24.8 Å². The summed E-state index contributed by atoms with van der Waals surface area (Å²) >= 11 is 1.57. The summed E-state index contributed by atoms with van der Waals surface area (Å²) in [7, 11) is 1.67. The first kappa shape index (κ1) is 17.0. The molecule has 1 amide bonds. The first-order chi connectivity index (χ1) is 12.7. The third-order valence-electron chi connectivity index (χ3n) is 4.93. The zero-order chi connectivity index (χ0) is 17.9. The van der Waals surface area contributed by atoms with Gasteiger partial charge in [0.15, 0.2) is 0 Å². The number of hydrogen-bond donors (Lipinski definition) is 1. The number of carbonyl (C=O) groups is 1. The second-order valence-corrected chi connectivity index (χ2v) is 7.54. The third kappa shape index (κ3) is 3.72. The summed E-state index contributed by atoms with van der Waals surface area (Å²) < 4.78 is 7.06. The molecule has 1 unspecified atom stereocenters. The quantitative estimate of drug-likeness (QED) is 0.662. The molecule has 136 valence electrons. The predicted molar refractivity (Wildman–Crippen MR) is 101 cm³/mol. The number of nitrogens with zero attached hydrogens (tertiary/aromatic N) is 3. The molecule has 0 radical (unpaired) electrons. The van der Waals surface area contributed by atoms with Gasteiger partial charge in [0.05, 0.1) is 12.8 Å². The number of thiazole rings is 1. The minimum atomic E-state index is 0.114. The van der Waals surface area contributed by atoms with Gasteiger partial charge in [0.25, 0.3) is 0 Å². The molecule has 1 atom stereocenters. The van der Waals surface area contributed by atoms with Gasteiger partial charge in [-0.05, 0) is 42.4 Å². The fourth-order valence-corrected chi connectivity index (χ4v) is 4.18. The van der Waals surface area contributed by atoms with Gasteiger partial charge in [-0.1, -0.05) is 12.1 Å². The fraction of sp³-hybridized carbons (Fsp3) is 0.421. The molecule has 2 aromatic heterocycles. The maximum absolute atomic E-state index is 12.5. The number of fused-ring (bicyclic) bond motifs is 1. The normalized spacial score (nSPS) is 15.1. The Morgan fingerprint density at radius 1 is 1.38 bits per heavy atom. The Morgan fingerprint density at radius 2 is 2.19 bits per heavy atom. The zero-order valence-electron chi connectivity index (χ0n) is 14.7. The number of ether oxygens (including phenoxy) is 1. The molecule has 1 saturated carbocycles. The van der Waals surface area contributed by atoms with E-state index in [9.17, 15) is 4.79 Å². The van der Waals surface area contributed by atoms with Crippen molar-refractivity contribution in [2.45, 2.75) is 31.6 Å². The molecular weight excluding hydrogens is 348 g/mol. The Kier molecular flexibility index (Phi) is 4.88. The number of hydrogen-bond acceptors (Lipinski definition) is 5. The van der Waals surface area contributed by atoms with Crippen LogP contribution in [0.1, 0.15) is 36.4 Å². The van der Waals surface area contributed by atoms with Crippen molar-refractivity contribution in [2.75, 3.05) is 13.7 Å². The van der Waals surface area contributed by atoms with E-state index in [2.05, 4.69) is 27.5 Å². The minimum Gasteiger partial charge on any atom is -0.497 e. The molecule has 2 heterocycles. The van der Waals surface area contributed by atoms with Crippen molar-refractivity contribution in [1.29, 1.82) is 0 Å². The maximum Gasteiger partial charge on any atom is 0.220 e. The molecule has 0 saturated heterocycles. The molecule has 7 heteroatoms. The van der Waals surface area contributed by atoms with Crippen LogP contribution in [0.4, 0.5) is 0 Å². The summed E-state index contributed by atoms with van der Waals surface area (Å²) in [6.45, 7) is 0.616. The Labute approximate surface area is 156 Å². The predicted octanol–water partition coefficient (Wildman–Crippen LogP) is 3.04. The largest absolute Gasteiger partial charge is 0.497 e. The van der Waals surface area contributed by atoms with E-state index in [-0.39, 0.29) is 5.91 Å². The van der Waals surface area contributed by atoms with E-state index in [4.69, 9.17) is 4.74 Å².